The van der Waals surface area contributed by atoms with E-state index in [2.05, 4.69) is 32.3 Å². The molecule has 1 aliphatic carbocycles. The Labute approximate surface area is 111 Å². The second-order valence-electron chi connectivity index (χ2n) is 6.10. The van der Waals surface area contributed by atoms with Crippen molar-refractivity contribution >= 4 is 5.82 Å². The van der Waals surface area contributed by atoms with Crippen molar-refractivity contribution in [1.82, 2.24) is 9.55 Å². The molecular formula is C15H27N3. The first-order chi connectivity index (χ1) is 8.54. The zero-order valence-electron chi connectivity index (χ0n) is 12.2. The summed E-state index contributed by atoms with van der Waals surface area (Å²) >= 11 is 0. The Morgan fingerprint density at radius 3 is 2.33 bits per heavy atom. The van der Waals surface area contributed by atoms with Gasteiger partial charge in [0, 0.05) is 18.4 Å². The summed E-state index contributed by atoms with van der Waals surface area (Å²) in [4.78, 5) is 4.87. The van der Waals surface area contributed by atoms with Gasteiger partial charge in [-0.1, -0.05) is 33.6 Å². The maximum Gasteiger partial charge on any atom is 0.127 e. The lowest BCUT2D eigenvalue weighted by Crippen LogP contribution is -2.13. The van der Waals surface area contributed by atoms with Gasteiger partial charge in [0.15, 0.2) is 0 Å². The Hall–Kier alpha value is -0.990. The van der Waals surface area contributed by atoms with Crippen LogP contribution in [0.1, 0.15) is 76.7 Å². The fraction of sp³-hybridized carbons (Fsp3) is 0.800. The first kappa shape index (κ1) is 13.4. The molecule has 1 aromatic heterocycles. The number of nitrogens with zero attached hydrogens (tertiary/aromatic N) is 2. The average molecular weight is 249 g/mol. The third-order valence-electron chi connectivity index (χ3n) is 4.30. The molecule has 1 heterocycles. The first-order valence-electron chi connectivity index (χ1n) is 7.40. The van der Waals surface area contributed by atoms with Crippen molar-refractivity contribution in [2.45, 2.75) is 71.8 Å². The highest BCUT2D eigenvalue weighted by atomic mass is 15.1. The summed E-state index contributed by atoms with van der Waals surface area (Å²) in [7, 11) is 0. The predicted octanol–water partition coefficient (Wildman–Crippen LogP) is 3.90. The minimum absolute atomic E-state index is 0.448. The van der Waals surface area contributed by atoms with E-state index in [1.165, 1.54) is 31.4 Å². The van der Waals surface area contributed by atoms with E-state index in [4.69, 9.17) is 10.7 Å². The largest absolute Gasteiger partial charge is 0.384 e. The van der Waals surface area contributed by atoms with Gasteiger partial charge in [0.2, 0.25) is 0 Å². The molecule has 3 heteroatoms. The van der Waals surface area contributed by atoms with Crippen LogP contribution in [0.2, 0.25) is 0 Å². The Balaban J connectivity index is 2.28. The van der Waals surface area contributed by atoms with Gasteiger partial charge < -0.3 is 10.3 Å². The summed E-state index contributed by atoms with van der Waals surface area (Å²) < 4.78 is 2.19. The Morgan fingerprint density at radius 1 is 1.28 bits per heavy atom. The van der Waals surface area contributed by atoms with Crippen LogP contribution in [0.15, 0.2) is 0 Å². The van der Waals surface area contributed by atoms with Crippen LogP contribution in [0, 0.1) is 5.92 Å². The Bertz CT molecular complexity index is 398. The molecule has 0 aliphatic heterocycles. The van der Waals surface area contributed by atoms with Gasteiger partial charge in [-0.2, -0.15) is 0 Å². The van der Waals surface area contributed by atoms with E-state index in [1.807, 2.05) is 0 Å². The van der Waals surface area contributed by atoms with Gasteiger partial charge in [-0.15, -0.1) is 0 Å². The van der Waals surface area contributed by atoms with Gasteiger partial charge in [-0.3, -0.25) is 0 Å². The van der Waals surface area contributed by atoms with Gasteiger partial charge in [0.1, 0.15) is 11.6 Å². The average Bonchev–Trinajstić information content (AvgIpc) is 2.67. The molecule has 1 aliphatic rings. The lowest BCUT2D eigenvalue weighted by molar-refractivity contribution is 0.345. The van der Waals surface area contributed by atoms with E-state index >= 15 is 0 Å². The zero-order chi connectivity index (χ0) is 13.3. The molecule has 0 spiro atoms. The smallest absolute Gasteiger partial charge is 0.127 e. The lowest BCUT2D eigenvalue weighted by Gasteiger charge is -2.25. The summed E-state index contributed by atoms with van der Waals surface area (Å²) in [6, 6.07) is 0. The van der Waals surface area contributed by atoms with E-state index in [1.54, 1.807) is 0 Å². The van der Waals surface area contributed by atoms with Crippen LogP contribution in [0.25, 0.3) is 0 Å². The highest BCUT2D eigenvalue weighted by Crippen LogP contribution is 2.38. The topological polar surface area (TPSA) is 43.8 Å². The molecule has 1 fully saturated rings. The monoisotopic (exact) mass is 249 g/mol. The van der Waals surface area contributed by atoms with Crippen LogP contribution in [0.5, 0.6) is 0 Å². The summed E-state index contributed by atoms with van der Waals surface area (Å²) in [5.41, 5.74) is 7.49. The fourth-order valence-electron chi connectivity index (χ4n) is 3.11. The van der Waals surface area contributed by atoms with E-state index in [-0.39, 0.29) is 0 Å². The van der Waals surface area contributed by atoms with Crippen molar-refractivity contribution < 1.29 is 0 Å². The summed E-state index contributed by atoms with van der Waals surface area (Å²) in [5, 5.41) is 0. The number of rotatable bonds is 3. The van der Waals surface area contributed by atoms with Gasteiger partial charge in [0.25, 0.3) is 0 Å². The third kappa shape index (κ3) is 2.40. The van der Waals surface area contributed by atoms with Crippen molar-refractivity contribution in [3.63, 3.8) is 0 Å². The molecule has 0 radical (unpaired) electrons. The van der Waals surface area contributed by atoms with E-state index in [0.29, 0.717) is 11.8 Å². The van der Waals surface area contributed by atoms with Crippen molar-refractivity contribution in [1.29, 1.82) is 0 Å². The number of nitrogens with two attached hydrogens (primary N) is 1. The molecule has 3 nitrogen and oxygen atoms in total. The minimum Gasteiger partial charge on any atom is -0.384 e. The highest BCUT2D eigenvalue weighted by Gasteiger charge is 2.26. The van der Waals surface area contributed by atoms with E-state index < -0.39 is 0 Å². The molecule has 0 bridgehead atoms. The number of hydrogen-bond acceptors (Lipinski definition) is 2. The van der Waals surface area contributed by atoms with Crippen LogP contribution < -0.4 is 5.73 Å². The molecule has 2 N–H and O–H groups in total. The van der Waals surface area contributed by atoms with E-state index in [0.717, 1.165) is 24.1 Å². The van der Waals surface area contributed by atoms with Crippen molar-refractivity contribution in [3.8, 4) is 0 Å². The molecule has 0 unspecified atom stereocenters. The van der Waals surface area contributed by atoms with Gasteiger partial charge in [-0.25, -0.2) is 4.98 Å². The number of imidazole rings is 1. The number of nitrogen functional groups attached to an aromatic ring is 1. The molecule has 18 heavy (non-hydrogen) atoms. The molecule has 0 aromatic carbocycles. The second kappa shape index (κ2) is 5.33. The number of anilines is 1. The molecule has 1 saturated carbocycles. The molecule has 0 amide bonds. The maximum absolute atomic E-state index is 6.32. The zero-order valence-corrected chi connectivity index (χ0v) is 12.2. The quantitative estimate of drug-likeness (QED) is 0.882. The molecule has 1 aromatic rings. The second-order valence-corrected chi connectivity index (χ2v) is 6.10. The fourth-order valence-corrected chi connectivity index (χ4v) is 3.11. The molecule has 2 rings (SSSR count). The Kier molecular flexibility index (Phi) is 3.98. The van der Waals surface area contributed by atoms with Crippen molar-refractivity contribution in [2.75, 3.05) is 5.73 Å². The van der Waals surface area contributed by atoms with E-state index in [9.17, 15) is 0 Å². The summed E-state index contributed by atoms with van der Waals surface area (Å²) in [6.07, 6.45) is 5.15. The van der Waals surface area contributed by atoms with Gasteiger partial charge in [0.05, 0.1) is 5.69 Å². The maximum atomic E-state index is 6.32. The molecule has 102 valence electrons. The van der Waals surface area contributed by atoms with Crippen LogP contribution in [-0.2, 0) is 6.54 Å². The molecule has 0 saturated heterocycles. The lowest BCUT2D eigenvalue weighted by atomic mass is 9.81. The van der Waals surface area contributed by atoms with Crippen LogP contribution in [0.4, 0.5) is 5.82 Å². The summed E-state index contributed by atoms with van der Waals surface area (Å²) in [6.45, 7) is 9.82. The summed E-state index contributed by atoms with van der Waals surface area (Å²) in [5.74, 6) is 3.99. The SMILES string of the molecule is CCn1c(C(C)C)nc(C2CCC(C)CC2)c1N. The molecular weight excluding hydrogens is 222 g/mol. The van der Waals surface area contributed by atoms with Crippen molar-refractivity contribution in [2.24, 2.45) is 5.92 Å². The predicted molar refractivity (Wildman–Crippen MR) is 76.8 cm³/mol. The van der Waals surface area contributed by atoms with Crippen molar-refractivity contribution in [3.05, 3.63) is 11.5 Å². The first-order valence-corrected chi connectivity index (χ1v) is 7.40. The minimum atomic E-state index is 0.448. The highest BCUT2D eigenvalue weighted by molar-refractivity contribution is 5.41. The standard InChI is InChI=1S/C15H27N3/c1-5-18-14(16)13(17-15(18)10(2)3)12-8-6-11(4)7-9-12/h10-12H,5-9,16H2,1-4H3. The number of hydrogen-bond donors (Lipinski definition) is 1. The molecule has 0 atom stereocenters. The Morgan fingerprint density at radius 2 is 1.89 bits per heavy atom. The van der Waals surface area contributed by atoms with Gasteiger partial charge in [-0.05, 0) is 25.7 Å². The van der Waals surface area contributed by atoms with Crippen LogP contribution in [-0.4, -0.2) is 9.55 Å². The third-order valence-corrected chi connectivity index (χ3v) is 4.30. The normalized spacial score (nSPS) is 24.7. The van der Waals surface area contributed by atoms with Crippen LogP contribution in [0.3, 0.4) is 0 Å². The van der Waals surface area contributed by atoms with Gasteiger partial charge >= 0.3 is 0 Å². The number of aromatic nitrogens is 2. The van der Waals surface area contributed by atoms with Crippen LogP contribution >= 0.6 is 0 Å².